The predicted molar refractivity (Wildman–Crippen MR) is 80.8 cm³/mol. The summed E-state index contributed by atoms with van der Waals surface area (Å²) in [4.78, 5) is 14.0. The van der Waals surface area contributed by atoms with Crippen LogP contribution in [0.2, 0.25) is 0 Å². The Kier molecular flexibility index (Phi) is 2.73. The molecule has 1 aliphatic heterocycles. The van der Waals surface area contributed by atoms with Gasteiger partial charge >= 0.3 is 0 Å². The van der Waals surface area contributed by atoms with Gasteiger partial charge in [-0.25, -0.2) is 9.97 Å². The highest BCUT2D eigenvalue weighted by molar-refractivity contribution is 5.79. The van der Waals surface area contributed by atoms with Crippen LogP contribution in [-0.4, -0.2) is 47.1 Å². The predicted octanol–water partition coefficient (Wildman–Crippen LogP) is 1.50. The smallest absolute Gasteiger partial charge is 0.172 e. The third kappa shape index (κ3) is 2.08. The summed E-state index contributed by atoms with van der Waals surface area (Å²) in [5.74, 6) is 1.39. The Morgan fingerprint density at radius 3 is 2.25 bits per heavy atom. The van der Waals surface area contributed by atoms with Crippen molar-refractivity contribution in [1.82, 2.24) is 14.9 Å². The number of nitrogens with zero attached hydrogens (tertiary/aromatic N) is 4. The number of rotatable bonds is 2. The van der Waals surface area contributed by atoms with E-state index >= 15 is 0 Å². The molecule has 0 unspecified atom stereocenters. The van der Waals surface area contributed by atoms with E-state index in [4.69, 9.17) is 10.7 Å². The van der Waals surface area contributed by atoms with Crippen LogP contribution in [0.15, 0.2) is 24.3 Å². The topological polar surface area (TPSA) is 58.3 Å². The quantitative estimate of drug-likeness (QED) is 0.895. The van der Waals surface area contributed by atoms with Crippen LogP contribution in [0.1, 0.15) is 12.8 Å². The minimum atomic E-state index is 0.545. The van der Waals surface area contributed by atoms with E-state index in [1.807, 2.05) is 24.3 Å². The fraction of sp³-hybridized carbons (Fsp3) is 0.467. The second-order valence-electron chi connectivity index (χ2n) is 5.68. The van der Waals surface area contributed by atoms with Crippen molar-refractivity contribution in [3.63, 3.8) is 0 Å². The number of anilines is 2. The number of para-hydroxylation sites is 2. The Bertz CT molecular complexity index is 629. The van der Waals surface area contributed by atoms with E-state index in [9.17, 15) is 0 Å². The fourth-order valence-electron chi connectivity index (χ4n) is 2.98. The SMILES string of the molecule is Nc1nc2ccccc2nc1N1CCN(C2CC2)CC1. The zero-order valence-electron chi connectivity index (χ0n) is 11.5. The van der Waals surface area contributed by atoms with Gasteiger partial charge in [-0.15, -0.1) is 0 Å². The highest BCUT2D eigenvalue weighted by Crippen LogP contribution is 2.29. The molecule has 0 amide bonds. The van der Waals surface area contributed by atoms with Crippen molar-refractivity contribution in [3.8, 4) is 0 Å². The van der Waals surface area contributed by atoms with Crippen molar-refractivity contribution in [2.45, 2.75) is 18.9 Å². The van der Waals surface area contributed by atoms with Crippen LogP contribution in [0.5, 0.6) is 0 Å². The van der Waals surface area contributed by atoms with Gasteiger partial charge in [0, 0.05) is 32.2 Å². The lowest BCUT2D eigenvalue weighted by Crippen LogP contribution is -2.47. The molecule has 4 rings (SSSR count). The normalized spacial score (nSPS) is 20.5. The zero-order valence-corrected chi connectivity index (χ0v) is 11.5. The lowest BCUT2D eigenvalue weighted by Gasteiger charge is -2.35. The number of nitrogen functional groups attached to an aromatic ring is 1. The van der Waals surface area contributed by atoms with Gasteiger partial charge in [0.15, 0.2) is 11.6 Å². The first-order valence-corrected chi connectivity index (χ1v) is 7.32. The second-order valence-corrected chi connectivity index (χ2v) is 5.68. The number of piperazine rings is 1. The number of nitrogens with two attached hydrogens (primary N) is 1. The number of benzene rings is 1. The van der Waals surface area contributed by atoms with Gasteiger partial charge in [0.1, 0.15) is 0 Å². The molecule has 1 aliphatic carbocycles. The van der Waals surface area contributed by atoms with Crippen molar-refractivity contribution < 1.29 is 0 Å². The maximum atomic E-state index is 6.10. The molecule has 2 fully saturated rings. The third-order valence-electron chi connectivity index (χ3n) is 4.26. The summed E-state index contributed by atoms with van der Waals surface area (Å²) < 4.78 is 0. The van der Waals surface area contributed by atoms with E-state index in [1.54, 1.807) is 0 Å². The Labute approximate surface area is 118 Å². The highest BCUT2D eigenvalue weighted by atomic mass is 15.3. The number of hydrogen-bond acceptors (Lipinski definition) is 5. The van der Waals surface area contributed by atoms with Crippen molar-refractivity contribution in [2.75, 3.05) is 36.8 Å². The lowest BCUT2D eigenvalue weighted by atomic mass is 10.2. The molecule has 104 valence electrons. The van der Waals surface area contributed by atoms with E-state index in [0.717, 1.165) is 49.1 Å². The molecule has 0 spiro atoms. The lowest BCUT2D eigenvalue weighted by molar-refractivity contribution is 0.247. The molecule has 1 aromatic heterocycles. The number of hydrogen-bond donors (Lipinski definition) is 1. The minimum Gasteiger partial charge on any atom is -0.381 e. The first-order chi connectivity index (χ1) is 9.81. The van der Waals surface area contributed by atoms with Gasteiger partial charge in [-0.05, 0) is 25.0 Å². The molecular formula is C15H19N5. The van der Waals surface area contributed by atoms with Crippen LogP contribution >= 0.6 is 0 Å². The molecule has 1 saturated carbocycles. The zero-order chi connectivity index (χ0) is 13.5. The van der Waals surface area contributed by atoms with Crippen LogP contribution in [0.3, 0.4) is 0 Å². The molecule has 20 heavy (non-hydrogen) atoms. The average Bonchev–Trinajstić information content (AvgIpc) is 3.31. The van der Waals surface area contributed by atoms with Gasteiger partial charge < -0.3 is 10.6 Å². The molecule has 1 saturated heterocycles. The number of fused-ring (bicyclic) bond motifs is 1. The average molecular weight is 269 g/mol. The molecule has 2 heterocycles. The molecule has 2 aromatic rings. The Hall–Kier alpha value is -1.88. The van der Waals surface area contributed by atoms with Crippen LogP contribution in [0.4, 0.5) is 11.6 Å². The molecular weight excluding hydrogens is 250 g/mol. The van der Waals surface area contributed by atoms with Gasteiger partial charge in [-0.2, -0.15) is 0 Å². The van der Waals surface area contributed by atoms with E-state index in [1.165, 1.54) is 12.8 Å². The van der Waals surface area contributed by atoms with Gasteiger partial charge in [0.05, 0.1) is 11.0 Å². The molecule has 0 radical (unpaired) electrons. The Balaban J connectivity index is 1.60. The first-order valence-electron chi connectivity index (χ1n) is 7.32. The van der Waals surface area contributed by atoms with Crippen LogP contribution in [0.25, 0.3) is 11.0 Å². The number of aromatic nitrogens is 2. The Morgan fingerprint density at radius 1 is 0.950 bits per heavy atom. The molecule has 5 nitrogen and oxygen atoms in total. The fourth-order valence-corrected chi connectivity index (χ4v) is 2.98. The van der Waals surface area contributed by atoms with E-state index in [2.05, 4.69) is 14.8 Å². The third-order valence-corrected chi connectivity index (χ3v) is 4.26. The van der Waals surface area contributed by atoms with Crippen molar-refractivity contribution in [1.29, 1.82) is 0 Å². The second kappa shape index (κ2) is 4.59. The maximum absolute atomic E-state index is 6.10. The van der Waals surface area contributed by atoms with Crippen LogP contribution in [0, 0.1) is 0 Å². The summed E-state index contributed by atoms with van der Waals surface area (Å²) >= 11 is 0. The van der Waals surface area contributed by atoms with E-state index < -0.39 is 0 Å². The minimum absolute atomic E-state index is 0.545. The Morgan fingerprint density at radius 2 is 1.60 bits per heavy atom. The van der Waals surface area contributed by atoms with E-state index in [0.29, 0.717) is 5.82 Å². The molecule has 0 bridgehead atoms. The molecule has 0 atom stereocenters. The monoisotopic (exact) mass is 269 g/mol. The van der Waals surface area contributed by atoms with Crippen molar-refractivity contribution in [2.24, 2.45) is 0 Å². The molecule has 1 aromatic carbocycles. The summed E-state index contributed by atoms with van der Waals surface area (Å²) in [5, 5.41) is 0. The van der Waals surface area contributed by atoms with Gasteiger partial charge in [-0.1, -0.05) is 12.1 Å². The van der Waals surface area contributed by atoms with Gasteiger partial charge in [0.25, 0.3) is 0 Å². The summed E-state index contributed by atoms with van der Waals surface area (Å²) in [5.41, 5.74) is 7.88. The van der Waals surface area contributed by atoms with Crippen LogP contribution < -0.4 is 10.6 Å². The summed E-state index contributed by atoms with van der Waals surface area (Å²) in [6, 6.07) is 8.74. The van der Waals surface area contributed by atoms with E-state index in [-0.39, 0.29) is 0 Å². The highest BCUT2D eigenvalue weighted by Gasteiger charge is 2.31. The molecule has 2 N–H and O–H groups in total. The largest absolute Gasteiger partial charge is 0.381 e. The summed E-state index contributed by atoms with van der Waals surface area (Å²) in [6.45, 7) is 4.21. The first kappa shape index (κ1) is 11.9. The van der Waals surface area contributed by atoms with Crippen LogP contribution in [-0.2, 0) is 0 Å². The summed E-state index contributed by atoms with van der Waals surface area (Å²) in [6.07, 6.45) is 2.75. The molecule has 5 heteroatoms. The standard InChI is InChI=1S/C15H19N5/c16-14-15(18-13-4-2-1-3-12(13)17-14)20-9-7-19(8-10-20)11-5-6-11/h1-4,11H,5-10H2,(H2,16,17). The van der Waals surface area contributed by atoms with Gasteiger partial charge in [-0.3, -0.25) is 4.90 Å². The maximum Gasteiger partial charge on any atom is 0.172 e. The van der Waals surface area contributed by atoms with Gasteiger partial charge in [0.2, 0.25) is 0 Å². The van der Waals surface area contributed by atoms with Crippen molar-refractivity contribution in [3.05, 3.63) is 24.3 Å². The van der Waals surface area contributed by atoms with Crippen molar-refractivity contribution >= 4 is 22.7 Å². The summed E-state index contributed by atoms with van der Waals surface area (Å²) in [7, 11) is 0. The molecule has 2 aliphatic rings.